The summed E-state index contributed by atoms with van der Waals surface area (Å²) in [5, 5.41) is 11.9. The van der Waals surface area contributed by atoms with E-state index in [1.54, 1.807) is 6.20 Å². The molecule has 2 bridgehead atoms. The number of hydrogen-bond donors (Lipinski definition) is 2. The number of hydrogen-bond acceptors (Lipinski definition) is 7. The quantitative estimate of drug-likeness (QED) is 0.807. The second-order valence-electron chi connectivity index (χ2n) is 6.97. The number of halogens is 1. The Labute approximate surface area is 163 Å². The highest BCUT2D eigenvalue weighted by Crippen LogP contribution is 2.36. The Morgan fingerprint density at radius 3 is 2.85 bits per heavy atom. The summed E-state index contributed by atoms with van der Waals surface area (Å²) in [5.41, 5.74) is 1.93. The van der Waals surface area contributed by atoms with E-state index in [0.717, 1.165) is 50.3 Å². The first-order chi connectivity index (χ1) is 13.2. The lowest BCUT2D eigenvalue weighted by Gasteiger charge is -2.24. The van der Waals surface area contributed by atoms with E-state index in [1.165, 1.54) is 0 Å². The molecule has 0 saturated carbocycles. The predicted molar refractivity (Wildman–Crippen MR) is 104 cm³/mol. The molecule has 146 valence electrons. The van der Waals surface area contributed by atoms with Crippen LogP contribution in [0.15, 0.2) is 6.20 Å². The van der Waals surface area contributed by atoms with Gasteiger partial charge in [-0.05, 0) is 26.2 Å². The first-order valence-corrected chi connectivity index (χ1v) is 9.91. The van der Waals surface area contributed by atoms with Crippen LogP contribution in [0, 0.1) is 0 Å². The number of nitrogens with zero attached hydrogens (tertiary/aromatic N) is 4. The van der Waals surface area contributed by atoms with Gasteiger partial charge < -0.3 is 20.1 Å². The van der Waals surface area contributed by atoms with Gasteiger partial charge in [0.15, 0.2) is 5.82 Å². The lowest BCUT2D eigenvalue weighted by atomic mass is 10.1. The number of ether oxygens (including phenoxy) is 2. The maximum absolute atomic E-state index is 6.25. The van der Waals surface area contributed by atoms with Crippen molar-refractivity contribution >= 4 is 29.1 Å². The SMILES string of the molecule is CCc1c2c(nn1C1CCOCC1)OCC[C@@H](C)Nc1nc(ncc1Cl)N2. The third-order valence-corrected chi connectivity index (χ3v) is 5.28. The lowest BCUT2D eigenvalue weighted by Crippen LogP contribution is -2.22. The number of aromatic nitrogens is 4. The van der Waals surface area contributed by atoms with Gasteiger partial charge in [0, 0.05) is 25.7 Å². The molecule has 0 amide bonds. The fraction of sp³-hybridized carbons (Fsp3) is 0.611. The van der Waals surface area contributed by atoms with Crippen molar-refractivity contribution in [2.75, 3.05) is 30.5 Å². The second-order valence-corrected chi connectivity index (χ2v) is 7.37. The average molecular weight is 393 g/mol. The fourth-order valence-corrected chi connectivity index (χ4v) is 3.67. The van der Waals surface area contributed by atoms with Crippen molar-refractivity contribution in [2.45, 2.75) is 51.6 Å². The Kier molecular flexibility index (Phi) is 5.36. The summed E-state index contributed by atoms with van der Waals surface area (Å²) in [4.78, 5) is 8.87. The van der Waals surface area contributed by atoms with Crippen LogP contribution in [-0.4, -0.2) is 45.6 Å². The van der Waals surface area contributed by atoms with Crippen LogP contribution in [0.3, 0.4) is 0 Å². The molecule has 9 heteroatoms. The van der Waals surface area contributed by atoms with Gasteiger partial charge in [0.05, 0.1) is 24.5 Å². The van der Waals surface area contributed by atoms with E-state index in [-0.39, 0.29) is 6.04 Å². The number of fused-ring (bicyclic) bond motifs is 3. The topological polar surface area (TPSA) is 86.1 Å². The Balaban J connectivity index is 1.75. The van der Waals surface area contributed by atoms with Gasteiger partial charge >= 0.3 is 0 Å². The van der Waals surface area contributed by atoms with Crippen LogP contribution in [0.2, 0.25) is 5.02 Å². The maximum atomic E-state index is 6.25. The monoisotopic (exact) mass is 392 g/mol. The van der Waals surface area contributed by atoms with E-state index in [0.29, 0.717) is 35.3 Å². The molecule has 0 radical (unpaired) electrons. The highest BCUT2D eigenvalue weighted by atomic mass is 35.5. The highest BCUT2D eigenvalue weighted by Gasteiger charge is 2.26. The van der Waals surface area contributed by atoms with E-state index in [4.69, 9.17) is 26.2 Å². The molecular formula is C18H25ClN6O2. The standard InChI is InChI=1S/C18H25ClN6O2/c1-3-14-15-17(24-25(14)12-5-7-26-8-6-12)27-9-4-11(2)21-16-13(19)10-20-18(22-15)23-16/h10-12H,3-9H2,1-2H3,(H2,20,21,22,23)/t11-/m1/s1. The molecule has 27 heavy (non-hydrogen) atoms. The summed E-state index contributed by atoms with van der Waals surface area (Å²) >= 11 is 6.25. The number of nitrogens with one attached hydrogen (secondary N) is 2. The third kappa shape index (κ3) is 3.82. The molecule has 0 aliphatic carbocycles. The molecule has 1 atom stereocenters. The third-order valence-electron chi connectivity index (χ3n) is 5.00. The summed E-state index contributed by atoms with van der Waals surface area (Å²) in [7, 11) is 0. The molecule has 4 rings (SSSR count). The minimum atomic E-state index is 0.162. The van der Waals surface area contributed by atoms with Gasteiger partial charge in [0.2, 0.25) is 5.95 Å². The van der Waals surface area contributed by atoms with Gasteiger partial charge in [0.1, 0.15) is 10.7 Å². The van der Waals surface area contributed by atoms with Gasteiger partial charge in [-0.3, -0.25) is 4.68 Å². The van der Waals surface area contributed by atoms with Crippen LogP contribution < -0.4 is 15.4 Å². The van der Waals surface area contributed by atoms with Gasteiger partial charge in [-0.2, -0.15) is 4.98 Å². The van der Waals surface area contributed by atoms with Crippen molar-refractivity contribution in [1.82, 2.24) is 19.7 Å². The normalized spacial score (nSPS) is 20.6. The summed E-state index contributed by atoms with van der Waals surface area (Å²) in [6, 6.07) is 0.483. The van der Waals surface area contributed by atoms with E-state index in [1.807, 2.05) is 0 Å². The summed E-state index contributed by atoms with van der Waals surface area (Å²) in [5.74, 6) is 1.70. The highest BCUT2D eigenvalue weighted by molar-refractivity contribution is 6.32. The maximum Gasteiger partial charge on any atom is 0.257 e. The predicted octanol–water partition coefficient (Wildman–Crippen LogP) is 3.57. The summed E-state index contributed by atoms with van der Waals surface area (Å²) in [6.45, 7) is 6.28. The Morgan fingerprint density at radius 2 is 2.07 bits per heavy atom. The van der Waals surface area contributed by atoms with Crippen LogP contribution in [0.1, 0.15) is 44.8 Å². The summed E-state index contributed by atoms with van der Waals surface area (Å²) in [6.07, 6.45) is 5.15. The Hall–Kier alpha value is -2.06. The average Bonchev–Trinajstić information content (AvgIpc) is 3.01. The first kappa shape index (κ1) is 18.3. The molecule has 2 aliphatic heterocycles. The van der Waals surface area contributed by atoms with Crippen molar-refractivity contribution < 1.29 is 9.47 Å². The second kappa shape index (κ2) is 7.90. The molecule has 1 saturated heterocycles. The minimum Gasteiger partial charge on any atom is -0.475 e. The van der Waals surface area contributed by atoms with Gasteiger partial charge in [-0.1, -0.05) is 18.5 Å². The van der Waals surface area contributed by atoms with Crippen molar-refractivity contribution in [2.24, 2.45) is 0 Å². The first-order valence-electron chi connectivity index (χ1n) is 9.53. The molecule has 2 aromatic rings. The Morgan fingerprint density at radius 1 is 1.26 bits per heavy atom. The van der Waals surface area contributed by atoms with Crippen LogP contribution in [0.25, 0.3) is 0 Å². The zero-order valence-corrected chi connectivity index (χ0v) is 16.4. The van der Waals surface area contributed by atoms with Gasteiger partial charge in [-0.25, -0.2) is 4.98 Å². The van der Waals surface area contributed by atoms with Crippen LogP contribution in [0.5, 0.6) is 5.88 Å². The fourth-order valence-electron chi connectivity index (χ4n) is 3.52. The van der Waals surface area contributed by atoms with Crippen LogP contribution in [0.4, 0.5) is 17.5 Å². The molecule has 0 spiro atoms. The van der Waals surface area contributed by atoms with Crippen molar-refractivity contribution in [3.63, 3.8) is 0 Å². The van der Waals surface area contributed by atoms with E-state index in [9.17, 15) is 0 Å². The number of anilines is 3. The van der Waals surface area contributed by atoms with Crippen LogP contribution >= 0.6 is 11.6 Å². The minimum absolute atomic E-state index is 0.162. The van der Waals surface area contributed by atoms with Gasteiger partial charge in [0.25, 0.3) is 5.88 Å². The zero-order chi connectivity index (χ0) is 18.8. The largest absolute Gasteiger partial charge is 0.475 e. The van der Waals surface area contributed by atoms with Crippen molar-refractivity contribution in [1.29, 1.82) is 0 Å². The molecule has 1 fully saturated rings. The van der Waals surface area contributed by atoms with Gasteiger partial charge in [-0.15, -0.1) is 5.10 Å². The molecule has 2 aromatic heterocycles. The molecular weight excluding hydrogens is 368 g/mol. The van der Waals surface area contributed by atoms with Crippen molar-refractivity contribution in [3.05, 3.63) is 16.9 Å². The van der Waals surface area contributed by atoms with E-state index in [2.05, 4.69) is 39.1 Å². The Bertz CT molecular complexity index is 805. The molecule has 2 aliphatic rings. The smallest absolute Gasteiger partial charge is 0.257 e. The lowest BCUT2D eigenvalue weighted by molar-refractivity contribution is 0.0650. The number of rotatable bonds is 2. The summed E-state index contributed by atoms with van der Waals surface area (Å²) < 4.78 is 13.7. The molecule has 0 unspecified atom stereocenters. The van der Waals surface area contributed by atoms with E-state index >= 15 is 0 Å². The molecule has 8 nitrogen and oxygen atoms in total. The van der Waals surface area contributed by atoms with Crippen molar-refractivity contribution in [3.8, 4) is 5.88 Å². The molecule has 0 aromatic carbocycles. The van der Waals surface area contributed by atoms with E-state index < -0.39 is 0 Å². The molecule has 2 N–H and O–H groups in total. The molecule has 4 heterocycles. The van der Waals surface area contributed by atoms with Crippen LogP contribution in [-0.2, 0) is 11.2 Å². The zero-order valence-electron chi connectivity index (χ0n) is 15.7.